The van der Waals surface area contributed by atoms with Crippen LogP contribution >= 0.6 is 0 Å². The van der Waals surface area contributed by atoms with Gasteiger partial charge in [0.2, 0.25) is 0 Å². The summed E-state index contributed by atoms with van der Waals surface area (Å²) >= 11 is 0. The number of rotatable bonds is 0. The van der Waals surface area contributed by atoms with Gasteiger partial charge in [-0.25, -0.2) is 14.5 Å². The van der Waals surface area contributed by atoms with Crippen molar-refractivity contribution in [3.05, 3.63) is 386 Å². The maximum atomic E-state index is 11.3. The van der Waals surface area contributed by atoms with E-state index in [1.54, 1.807) is 30.4 Å². The number of hydrogen-bond acceptors (Lipinski definition) is 2. The van der Waals surface area contributed by atoms with Gasteiger partial charge in [-0.05, 0) is 282 Å². The lowest BCUT2D eigenvalue weighted by Gasteiger charge is -2.09. The van der Waals surface area contributed by atoms with Crippen LogP contribution in [0.2, 0.25) is 0 Å². The highest BCUT2D eigenvalue weighted by molar-refractivity contribution is 5.97. The molecule has 0 atom stereocenters. The molecule has 1 aliphatic rings. The van der Waals surface area contributed by atoms with Gasteiger partial charge in [-0.15, -0.1) is 0 Å². The summed E-state index contributed by atoms with van der Waals surface area (Å²) in [6, 6.07) is 72.8. The zero-order valence-electron chi connectivity index (χ0n) is 52.8. The van der Waals surface area contributed by atoms with Crippen LogP contribution in [0.5, 0.6) is 0 Å². The molecular weight excluding hydrogens is 1150 g/mol. The van der Waals surface area contributed by atoms with Crippen molar-refractivity contribution < 1.29 is 0 Å². The molecule has 10 aromatic rings. The molecule has 10 aromatic carbocycles. The van der Waals surface area contributed by atoms with Gasteiger partial charge < -0.3 is 0 Å². The van der Waals surface area contributed by atoms with Crippen LogP contribution in [0.1, 0.15) is 139 Å². The van der Waals surface area contributed by atoms with E-state index in [1.807, 2.05) is 247 Å². The molecule has 0 fully saturated rings. The van der Waals surface area contributed by atoms with Gasteiger partial charge in [0, 0.05) is 55.6 Å². The van der Waals surface area contributed by atoms with Crippen LogP contribution in [0, 0.1) is 136 Å². The zero-order valence-corrected chi connectivity index (χ0v) is 52.8. The van der Waals surface area contributed by atoms with Crippen LogP contribution in [0.15, 0.2) is 212 Å². The Labute approximate surface area is 557 Å². The maximum absolute atomic E-state index is 11.3. The molecule has 5 heteroatoms. The predicted octanol–water partition coefficient (Wildman–Crippen LogP) is 19.9. The second-order valence-corrected chi connectivity index (χ2v) is 23.1. The van der Waals surface area contributed by atoms with Crippen molar-refractivity contribution in [2.45, 2.75) is 34.6 Å². The average Bonchev–Trinajstić information content (AvgIpc) is 1.11. The fraction of sp³-hybridized carbons (Fsp3) is 0.0556. The van der Waals surface area contributed by atoms with Crippen LogP contribution in [0.3, 0.4) is 0 Å². The smallest absolute Gasteiger partial charge is 0.194 e. The van der Waals surface area contributed by atoms with Crippen molar-refractivity contribution in [1.29, 1.82) is 10.5 Å². The highest BCUT2D eigenvalue weighted by Gasteiger charge is 2.15. The first-order chi connectivity index (χ1) is 46.2. The highest BCUT2D eigenvalue weighted by atomic mass is 14.7. The van der Waals surface area contributed by atoms with Crippen molar-refractivity contribution in [2.75, 3.05) is 0 Å². The second-order valence-electron chi connectivity index (χ2n) is 23.1. The minimum absolute atomic E-state index is 0.270. The lowest BCUT2D eigenvalue weighted by Crippen LogP contribution is -1.92. The summed E-state index contributed by atoms with van der Waals surface area (Å²) in [4.78, 5) is 12.4. The zero-order chi connectivity index (χ0) is 66.2. The normalized spacial score (nSPS) is 13.5. The van der Waals surface area contributed by atoms with Gasteiger partial charge in [-0.2, -0.15) is 10.5 Å². The van der Waals surface area contributed by atoms with E-state index < -0.39 is 0 Å². The summed E-state index contributed by atoms with van der Waals surface area (Å²) < 4.78 is 0. The van der Waals surface area contributed by atoms with Crippen molar-refractivity contribution in [2.24, 2.45) is 0 Å². The molecule has 0 unspecified atom stereocenters. The fourth-order valence-electron chi connectivity index (χ4n) is 10.8. The van der Waals surface area contributed by atoms with E-state index in [4.69, 9.17) is 19.7 Å². The molecule has 5 nitrogen and oxygen atoms in total. The Balaban J connectivity index is 1.21. The summed E-state index contributed by atoms with van der Waals surface area (Å²) in [5, 5.41) is 22.6. The minimum Gasteiger partial charge on any atom is -0.238 e. The van der Waals surface area contributed by atoms with E-state index in [0.29, 0.717) is 83.5 Å². The SMILES string of the molecule is [C-]#[N+]/C1=C\c2cc(C#Cc3cccc(C)c3)cc(c2)/C([N+]#[C-])=C/c2cc(C#Cc3cccc(C)c3)cc(c2)/C([N+]#[C-])=C/c2cc(C#Cc3cccc(C)c3)cc(c2)/C(C#N)=C/c2cc(C#Cc3cccc(C)c3)cc(c2)C(C#N)=Cc2cc(C#Cc3cccc(C)c3)cc1c2. The maximum Gasteiger partial charge on any atom is 0.194 e. The molecule has 0 spiro atoms. The number of aryl methyl sites for hydroxylation is 5. The van der Waals surface area contributed by atoms with Gasteiger partial charge in [0.25, 0.3) is 0 Å². The molecule has 0 radical (unpaired) electrons. The molecule has 11 rings (SSSR count). The predicted molar refractivity (Wildman–Crippen MR) is 388 cm³/mol. The Morgan fingerprint density at radius 2 is 0.453 bits per heavy atom. The number of hydrogen-bond donors (Lipinski definition) is 0. The Kier molecular flexibility index (Phi) is 19.3. The van der Waals surface area contributed by atoms with Crippen molar-refractivity contribution in [3.63, 3.8) is 0 Å². The third-order valence-corrected chi connectivity index (χ3v) is 15.3. The van der Waals surface area contributed by atoms with Crippen LogP contribution in [-0.2, 0) is 0 Å². The van der Waals surface area contributed by atoms with E-state index >= 15 is 0 Å². The van der Waals surface area contributed by atoms with Crippen LogP contribution in [0.4, 0.5) is 0 Å². The first kappa shape index (κ1) is 62.7. The van der Waals surface area contributed by atoms with Gasteiger partial charge in [-0.1, -0.05) is 138 Å². The largest absolute Gasteiger partial charge is 0.238 e. The molecule has 440 valence electrons. The quantitative estimate of drug-likeness (QED) is 0.112. The van der Waals surface area contributed by atoms with Crippen LogP contribution in [-0.4, -0.2) is 0 Å². The molecule has 95 heavy (non-hydrogen) atoms. The van der Waals surface area contributed by atoms with Crippen LogP contribution in [0.25, 0.3) is 73.2 Å². The molecule has 10 bridgehead atoms. The Morgan fingerprint density at radius 1 is 0.242 bits per heavy atom. The van der Waals surface area contributed by atoms with Crippen molar-refractivity contribution in [3.8, 4) is 71.3 Å². The molecule has 1 aliphatic carbocycles. The number of allylic oxidation sites excluding steroid dienone is 2. The summed E-state index contributed by atoms with van der Waals surface area (Å²) in [6.07, 6.45) is 8.91. The second kappa shape index (κ2) is 29.2. The van der Waals surface area contributed by atoms with Crippen molar-refractivity contribution >= 4 is 58.6 Å². The third-order valence-electron chi connectivity index (χ3n) is 15.3. The molecular formula is C90H55N5. The molecule has 0 saturated carbocycles. The molecule has 0 aromatic heterocycles. The van der Waals surface area contributed by atoms with Gasteiger partial charge in [0.1, 0.15) is 0 Å². The molecule has 0 aliphatic heterocycles. The fourth-order valence-corrected chi connectivity index (χ4v) is 10.8. The average molecular weight is 1210 g/mol. The molecule has 0 amide bonds. The number of fused-ring (bicyclic) bond motifs is 10. The number of nitriles is 2. The topological polar surface area (TPSA) is 60.7 Å². The van der Waals surface area contributed by atoms with Gasteiger partial charge in [0.05, 0.1) is 43.0 Å². The van der Waals surface area contributed by atoms with Crippen LogP contribution < -0.4 is 0 Å². The monoisotopic (exact) mass is 1210 g/mol. The summed E-state index contributed by atoms with van der Waals surface area (Å²) in [6.45, 7) is 36.5. The molecule has 0 N–H and O–H groups in total. The van der Waals surface area contributed by atoms with Gasteiger partial charge in [0.15, 0.2) is 17.1 Å². The Bertz CT molecular complexity index is 4770. The summed E-state index contributed by atoms with van der Waals surface area (Å²) in [5.41, 5.74) is 19.4. The van der Waals surface area contributed by atoms with E-state index in [-0.39, 0.29) is 28.2 Å². The van der Waals surface area contributed by atoms with E-state index in [0.717, 1.165) is 55.6 Å². The first-order valence-electron chi connectivity index (χ1n) is 30.4. The lowest BCUT2D eigenvalue weighted by atomic mass is 9.94. The summed E-state index contributed by atoms with van der Waals surface area (Å²) in [5.74, 6) is 33.4. The first-order valence-corrected chi connectivity index (χ1v) is 30.4. The van der Waals surface area contributed by atoms with Crippen molar-refractivity contribution in [1.82, 2.24) is 0 Å². The van der Waals surface area contributed by atoms with E-state index in [9.17, 15) is 10.5 Å². The van der Waals surface area contributed by atoms with E-state index in [2.05, 4.69) is 85.9 Å². The Morgan fingerprint density at radius 3 is 0.674 bits per heavy atom. The highest BCUT2D eigenvalue weighted by Crippen LogP contribution is 2.33. The Hall–Kier alpha value is -13.9. The summed E-state index contributed by atoms with van der Waals surface area (Å²) in [7, 11) is 0. The molecule has 0 heterocycles. The minimum atomic E-state index is 0.270. The lowest BCUT2D eigenvalue weighted by molar-refractivity contribution is 1.45. The molecule has 0 saturated heterocycles. The van der Waals surface area contributed by atoms with Gasteiger partial charge in [-0.3, -0.25) is 0 Å². The number of nitrogens with zero attached hydrogens (tertiary/aromatic N) is 5. The standard InChI is InChI=1S/C90H55N5/c1-61-14-9-19-66(34-61)24-29-71-39-76-49-81(44-71)87(60-92)55-77-40-73(31-26-68-21-11-16-63(3)36-68)46-83(51-77)89(94-7)57-79-42-75(33-28-70-23-13-18-65(5)38-70)48-85(53-79)90(95-8)58-80-43-74(32-27-69-22-12-17-64(4)37-69)47-84(52-80)88(93-6)56-78-41-72(45-82(50-78)86(54-76)59-91)30-25-67-20-10-15-62(2)35-67/h9-23,34-58H,1-5H3/b86-54+,87-55?,88-56-,89-57-,90-58-. The van der Waals surface area contributed by atoms with E-state index in [1.165, 1.54) is 0 Å². The van der Waals surface area contributed by atoms with Gasteiger partial charge >= 0.3 is 0 Å². The number of benzene rings is 10. The third kappa shape index (κ3) is 16.7.